The molecule has 1 heterocycles. The van der Waals surface area contributed by atoms with Gasteiger partial charge in [0.25, 0.3) is 11.8 Å². The van der Waals surface area contributed by atoms with Crippen molar-refractivity contribution in [3.05, 3.63) is 99.1 Å². The van der Waals surface area contributed by atoms with Crippen LogP contribution in [0.15, 0.2) is 66.2 Å². The minimum atomic E-state index is -0.779. The standard InChI is InChI=1S/C27H23ClN2O4/c1-16-6-4-8-20(12-16)15-34-24-11-10-19(14-22(24)28)13-21-25(31)29-27(33)30(26(21)32)23-9-5-7-17(2)18(23)3/h4-14H,15H2,1-3H3,(H,29,31,33)/b21-13+. The summed E-state index contributed by atoms with van der Waals surface area (Å²) in [7, 11) is 0. The van der Waals surface area contributed by atoms with E-state index in [-0.39, 0.29) is 5.57 Å². The monoisotopic (exact) mass is 474 g/mol. The number of imide groups is 2. The molecule has 0 spiro atoms. The number of urea groups is 1. The zero-order chi connectivity index (χ0) is 24.4. The first-order chi connectivity index (χ1) is 16.2. The number of ether oxygens (including phenoxy) is 1. The van der Waals surface area contributed by atoms with Gasteiger partial charge in [0.05, 0.1) is 10.7 Å². The number of nitrogens with one attached hydrogen (secondary N) is 1. The van der Waals surface area contributed by atoms with E-state index in [2.05, 4.69) is 5.32 Å². The number of hydrogen-bond acceptors (Lipinski definition) is 4. The molecule has 1 fully saturated rings. The molecule has 0 saturated carbocycles. The molecule has 0 aromatic heterocycles. The molecule has 0 radical (unpaired) electrons. The van der Waals surface area contributed by atoms with Crippen LogP contribution in [0.1, 0.15) is 27.8 Å². The van der Waals surface area contributed by atoms with E-state index in [0.29, 0.717) is 28.6 Å². The second-order valence-corrected chi connectivity index (χ2v) is 8.55. The largest absolute Gasteiger partial charge is 0.487 e. The number of carbonyl (C=O) groups excluding carboxylic acids is 3. The van der Waals surface area contributed by atoms with Crippen LogP contribution in [-0.2, 0) is 16.2 Å². The van der Waals surface area contributed by atoms with Gasteiger partial charge in [-0.25, -0.2) is 9.69 Å². The number of rotatable bonds is 5. The van der Waals surface area contributed by atoms with Gasteiger partial charge in [-0.3, -0.25) is 14.9 Å². The number of nitrogens with zero attached hydrogens (tertiary/aromatic N) is 1. The van der Waals surface area contributed by atoms with Gasteiger partial charge in [-0.2, -0.15) is 0 Å². The molecule has 0 atom stereocenters. The lowest BCUT2D eigenvalue weighted by molar-refractivity contribution is -0.122. The van der Waals surface area contributed by atoms with Gasteiger partial charge in [0, 0.05) is 0 Å². The van der Waals surface area contributed by atoms with Crippen LogP contribution in [0.25, 0.3) is 6.08 Å². The number of carbonyl (C=O) groups is 3. The van der Waals surface area contributed by atoms with Crippen LogP contribution in [0.4, 0.5) is 10.5 Å². The summed E-state index contributed by atoms with van der Waals surface area (Å²) in [5.41, 5.74) is 4.65. The Balaban J connectivity index is 1.59. The quantitative estimate of drug-likeness (QED) is 0.390. The molecule has 3 aromatic rings. The number of halogens is 1. The van der Waals surface area contributed by atoms with Crippen LogP contribution in [0.2, 0.25) is 5.02 Å². The van der Waals surface area contributed by atoms with Crippen LogP contribution >= 0.6 is 11.6 Å². The predicted molar refractivity (Wildman–Crippen MR) is 132 cm³/mol. The number of barbiturate groups is 1. The molecule has 4 amide bonds. The first-order valence-corrected chi connectivity index (χ1v) is 11.1. The number of anilines is 1. The first kappa shape index (κ1) is 23.3. The summed E-state index contributed by atoms with van der Waals surface area (Å²) in [6, 6.07) is 17.5. The van der Waals surface area contributed by atoms with E-state index in [1.165, 1.54) is 6.08 Å². The maximum atomic E-state index is 13.2. The molecular formula is C27H23ClN2O4. The fraction of sp³-hybridized carbons (Fsp3) is 0.148. The van der Waals surface area contributed by atoms with E-state index in [1.807, 2.05) is 51.1 Å². The minimum absolute atomic E-state index is 0.162. The van der Waals surface area contributed by atoms with Crippen molar-refractivity contribution in [2.45, 2.75) is 27.4 Å². The van der Waals surface area contributed by atoms with E-state index >= 15 is 0 Å². The second-order valence-electron chi connectivity index (χ2n) is 8.14. The maximum absolute atomic E-state index is 13.2. The minimum Gasteiger partial charge on any atom is -0.487 e. The summed E-state index contributed by atoms with van der Waals surface area (Å²) in [5, 5.41) is 2.59. The summed E-state index contributed by atoms with van der Waals surface area (Å²) >= 11 is 6.40. The molecule has 0 aliphatic carbocycles. The molecule has 7 heteroatoms. The van der Waals surface area contributed by atoms with Gasteiger partial charge in [0.15, 0.2) is 0 Å². The highest BCUT2D eigenvalue weighted by atomic mass is 35.5. The third-order valence-electron chi connectivity index (χ3n) is 5.66. The summed E-state index contributed by atoms with van der Waals surface area (Å²) in [6.07, 6.45) is 1.42. The van der Waals surface area contributed by atoms with Crippen LogP contribution in [-0.4, -0.2) is 17.8 Å². The zero-order valence-electron chi connectivity index (χ0n) is 19.0. The molecule has 0 unspecified atom stereocenters. The summed E-state index contributed by atoms with van der Waals surface area (Å²) in [4.78, 5) is 39.1. The maximum Gasteiger partial charge on any atom is 0.335 e. The lowest BCUT2D eigenvalue weighted by atomic mass is 10.0. The highest BCUT2D eigenvalue weighted by Crippen LogP contribution is 2.30. The molecule has 3 aromatic carbocycles. The molecule has 1 aliphatic rings. The Bertz CT molecular complexity index is 1350. The Kier molecular flexibility index (Phi) is 6.52. The fourth-order valence-electron chi connectivity index (χ4n) is 3.71. The molecular weight excluding hydrogens is 452 g/mol. The van der Waals surface area contributed by atoms with Gasteiger partial charge < -0.3 is 4.74 Å². The molecule has 1 saturated heterocycles. The molecule has 1 aliphatic heterocycles. The SMILES string of the molecule is Cc1cccc(COc2ccc(/C=C3\C(=O)NC(=O)N(c4cccc(C)c4C)C3=O)cc2Cl)c1. The van der Waals surface area contributed by atoms with Crippen molar-refractivity contribution in [2.75, 3.05) is 4.90 Å². The van der Waals surface area contributed by atoms with Crippen LogP contribution in [0, 0.1) is 20.8 Å². The van der Waals surface area contributed by atoms with Gasteiger partial charge in [0.1, 0.15) is 17.9 Å². The Morgan fingerprint density at radius 1 is 0.971 bits per heavy atom. The highest BCUT2D eigenvalue weighted by Gasteiger charge is 2.37. The van der Waals surface area contributed by atoms with Gasteiger partial charge in [0.2, 0.25) is 0 Å². The fourth-order valence-corrected chi connectivity index (χ4v) is 3.95. The Morgan fingerprint density at radius 2 is 1.74 bits per heavy atom. The number of hydrogen-bond donors (Lipinski definition) is 1. The van der Waals surface area contributed by atoms with E-state index in [1.54, 1.807) is 30.3 Å². The van der Waals surface area contributed by atoms with Crippen LogP contribution < -0.4 is 15.0 Å². The first-order valence-electron chi connectivity index (χ1n) is 10.7. The van der Waals surface area contributed by atoms with Crippen molar-refractivity contribution in [1.29, 1.82) is 0 Å². The van der Waals surface area contributed by atoms with Crippen molar-refractivity contribution in [3.63, 3.8) is 0 Å². The normalized spacial score (nSPS) is 15.0. The van der Waals surface area contributed by atoms with E-state index < -0.39 is 17.8 Å². The van der Waals surface area contributed by atoms with E-state index in [4.69, 9.17) is 16.3 Å². The van der Waals surface area contributed by atoms with Crippen LogP contribution in [0.5, 0.6) is 5.75 Å². The topological polar surface area (TPSA) is 75.7 Å². The Hall–Kier alpha value is -3.90. The van der Waals surface area contributed by atoms with E-state index in [0.717, 1.165) is 27.2 Å². The summed E-state index contributed by atoms with van der Waals surface area (Å²) < 4.78 is 5.83. The second kappa shape index (κ2) is 9.53. The number of benzene rings is 3. The average molecular weight is 475 g/mol. The van der Waals surface area contributed by atoms with Crippen molar-refractivity contribution < 1.29 is 19.1 Å². The van der Waals surface area contributed by atoms with E-state index in [9.17, 15) is 14.4 Å². The third-order valence-corrected chi connectivity index (χ3v) is 5.96. The molecule has 4 rings (SSSR count). The van der Waals surface area contributed by atoms with Crippen molar-refractivity contribution in [2.24, 2.45) is 0 Å². The third kappa shape index (κ3) is 4.72. The van der Waals surface area contributed by atoms with Gasteiger partial charge >= 0.3 is 6.03 Å². The lowest BCUT2D eigenvalue weighted by Gasteiger charge is -2.28. The lowest BCUT2D eigenvalue weighted by Crippen LogP contribution is -2.54. The van der Waals surface area contributed by atoms with Gasteiger partial charge in [-0.1, -0.05) is 59.6 Å². The number of amides is 4. The molecule has 0 bridgehead atoms. The summed E-state index contributed by atoms with van der Waals surface area (Å²) in [5.74, 6) is -0.970. The molecule has 172 valence electrons. The highest BCUT2D eigenvalue weighted by molar-refractivity contribution is 6.39. The molecule has 6 nitrogen and oxygen atoms in total. The zero-order valence-corrected chi connectivity index (χ0v) is 19.8. The smallest absolute Gasteiger partial charge is 0.335 e. The predicted octanol–water partition coefficient (Wildman–Crippen LogP) is 5.51. The molecule has 34 heavy (non-hydrogen) atoms. The van der Waals surface area contributed by atoms with Gasteiger partial charge in [-0.15, -0.1) is 0 Å². The van der Waals surface area contributed by atoms with Crippen molar-refractivity contribution in [3.8, 4) is 5.75 Å². The average Bonchev–Trinajstić information content (AvgIpc) is 2.79. The Morgan fingerprint density at radius 3 is 2.47 bits per heavy atom. The Labute approximate surface area is 202 Å². The van der Waals surface area contributed by atoms with Crippen molar-refractivity contribution in [1.82, 2.24) is 5.32 Å². The molecule has 1 N–H and O–H groups in total. The van der Waals surface area contributed by atoms with Crippen molar-refractivity contribution >= 4 is 41.2 Å². The van der Waals surface area contributed by atoms with Gasteiger partial charge in [-0.05, 0) is 67.3 Å². The van der Waals surface area contributed by atoms with Crippen LogP contribution in [0.3, 0.4) is 0 Å². The summed E-state index contributed by atoms with van der Waals surface area (Å²) in [6.45, 7) is 6.07. The number of aryl methyl sites for hydroxylation is 2.